The highest BCUT2D eigenvalue weighted by molar-refractivity contribution is 7.88. The van der Waals surface area contributed by atoms with Crippen LogP contribution in [0.3, 0.4) is 0 Å². The highest BCUT2D eigenvalue weighted by Gasteiger charge is 2.20. The maximum Gasteiger partial charge on any atom is 0.221 e. The van der Waals surface area contributed by atoms with E-state index in [1.54, 1.807) is 24.5 Å². The van der Waals surface area contributed by atoms with E-state index in [1.165, 1.54) is 10.6 Å². The molecule has 1 heterocycles. The predicted octanol–water partition coefficient (Wildman–Crippen LogP) is 1.29. The normalized spacial score (nSPS) is 16.1. The molecule has 122 valence electrons. The van der Waals surface area contributed by atoms with Crippen molar-refractivity contribution >= 4 is 15.9 Å². The molecule has 0 aliphatic heterocycles. The molecule has 7 heteroatoms. The lowest BCUT2D eigenvalue weighted by Gasteiger charge is -2.20. The number of nitrogens with zero attached hydrogens (tertiary/aromatic N) is 2. The van der Waals surface area contributed by atoms with E-state index in [4.69, 9.17) is 0 Å². The van der Waals surface area contributed by atoms with E-state index in [1.807, 2.05) is 0 Å². The number of aromatic nitrogens is 1. The Morgan fingerprint density at radius 1 is 1.32 bits per heavy atom. The Morgan fingerprint density at radius 2 is 1.95 bits per heavy atom. The fraction of sp³-hybridized carbons (Fsp3) is 0.600. The molecule has 1 aliphatic carbocycles. The molecule has 0 spiro atoms. The molecule has 6 nitrogen and oxygen atoms in total. The number of amides is 1. The first kappa shape index (κ1) is 16.9. The van der Waals surface area contributed by atoms with Gasteiger partial charge in [-0.1, -0.05) is 12.8 Å². The standard InChI is InChI=1S/C15H23N3O3S/c1-22(20,21)18(12-13-6-9-16-10-7-13)11-8-15(19)17-14-4-2-3-5-14/h6-7,9-10,14H,2-5,8,11-12H2,1H3,(H,17,19). The smallest absolute Gasteiger partial charge is 0.221 e. The van der Waals surface area contributed by atoms with Crippen LogP contribution in [0.1, 0.15) is 37.7 Å². The van der Waals surface area contributed by atoms with Crippen molar-refractivity contribution in [2.75, 3.05) is 12.8 Å². The molecule has 0 atom stereocenters. The third-order valence-corrected chi connectivity index (χ3v) is 5.14. The second kappa shape index (κ2) is 7.69. The van der Waals surface area contributed by atoms with Gasteiger partial charge in [-0.15, -0.1) is 0 Å². The van der Waals surface area contributed by atoms with Crippen LogP contribution in [0.2, 0.25) is 0 Å². The molecule has 1 aromatic rings. The van der Waals surface area contributed by atoms with Crippen molar-refractivity contribution in [2.45, 2.75) is 44.7 Å². The molecule has 0 aromatic carbocycles. The minimum Gasteiger partial charge on any atom is -0.353 e. The number of carbonyl (C=O) groups excluding carboxylic acids is 1. The zero-order chi connectivity index (χ0) is 16.0. The number of hydrogen-bond acceptors (Lipinski definition) is 4. The van der Waals surface area contributed by atoms with E-state index in [9.17, 15) is 13.2 Å². The van der Waals surface area contributed by atoms with Gasteiger partial charge < -0.3 is 5.32 Å². The van der Waals surface area contributed by atoms with Crippen LogP contribution < -0.4 is 5.32 Å². The highest BCUT2D eigenvalue weighted by Crippen LogP contribution is 2.17. The summed E-state index contributed by atoms with van der Waals surface area (Å²) in [6, 6.07) is 3.81. The van der Waals surface area contributed by atoms with Gasteiger partial charge in [0.25, 0.3) is 0 Å². The van der Waals surface area contributed by atoms with Crippen molar-refractivity contribution in [3.63, 3.8) is 0 Å². The molecule has 22 heavy (non-hydrogen) atoms. The van der Waals surface area contributed by atoms with Crippen LogP contribution in [0.5, 0.6) is 0 Å². The van der Waals surface area contributed by atoms with Crippen molar-refractivity contribution in [1.82, 2.24) is 14.6 Å². The van der Waals surface area contributed by atoms with Gasteiger partial charge in [-0.25, -0.2) is 8.42 Å². The lowest BCUT2D eigenvalue weighted by atomic mass is 10.2. The SMILES string of the molecule is CS(=O)(=O)N(CCC(=O)NC1CCCC1)Cc1ccncc1. The molecule has 1 saturated carbocycles. The summed E-state index contributed by atoms with van der Waals surface area (Å²) < 4.78 is 25.1. The van der Waals surface area contributed by atoms with E-state index >= 15 is 0 Å². The molecule has 1 aliphatic rings. The summed E-state index contributed by atoms with van der Waals surface area (Å²) in [6.07, 6.45) is 8.98. The van der Waals surface area contributed by atoms with E-state index < -0.39 is 10.0 Å². The third kappa shape index (κ3) is 5.38. The van der Waals surface area contributed by atoms with Gasteiger partial charge in [0.1, 0.15) is 0 Å². The van der Waals surface area contributed by atoms with E-state index in [2.05, 4.69) is 10.3 Å². The molecular formula is C15H23N3O3S. The first-order chi connectivity index (χ1) is 10.4. The van der Waals surface area contributed by atoms with Gasteiger partial charge in [-0.3, -0.25) is 9.78 Å². The fourth-order valence-electron chi connectivity index (χ4n) is 2.65. The third-order valence-electron chi connectivity index (χ3n) is 3.89. The van der Waals surface area contributed by atoms with E-state index in [-0.39, 0.29) is 31.5 Å². The topological polar surface area (TPSA) is 79.4 Å². The maximum atomic E-state index is 11.9. The first-order valence-corrected chi connectivity index (χ1v) is 9.43. The second-order valence-corrected chi connectivity index (χ2v) is 7.73. The summed E-state index contributed by atoms with van der Waals surface area (Å²) in [5, 5.41) is 2.98. The van der Waals surface area contributed by atoms with Crippen molar-refractivity contribution in [1.29, 1.82) is 0 Å². The van der Waals surface area contributed by atoms with E-state index in [0.717, 1.165) is 31.2 Å². The van der Waals surface area contributed by atoms with Gasteiger partial charge in [0.05, 0.1) is 6.26 Å². The fourth-order valence-corrected chi connectivity index (χ4v) is 3.46. The largest absolute Gasteiger partial charge is 0.353 e. The van der Waals surface area contributed by atoms with Crippen molar-refractivity contribution in [2.24, 2.45) is 0 Å². The summed E-state index contributed by atoms with van der Waals surface area (Å²) in [5.74, 6) is -0.0738. The first-order valence-electron chi connectivity index (χ1n) is 7.58. The van der Waals surface area contributed by atoms with Gasteiger partial charge >= 0.3 is 0 Å². The zero-order valence-corrected chi connectivity index (χ0v) is 13.7. The summed E-state index contributed by atoms with van der Waals surface area (Å²) >= 11 is 0. The van der Waals surface area contributed by atoms with Gasteiger partial charge in [-0.2, -0.15) is 4.31 Å². The van der Waals surface area contributed by atoms with Gasteiger partial charge in [-0.05, 0) is 30.5 Å². The van der Waals surface area contributed by atoms with Crippen LogP contribution in [0.25, 0.3) is 0 Å². The van der Waals surface area contributed by atoms with Crippen LogP contribution in [-0.2, 0) is 21.4 Å². The predicted molar refractivity (Wildman–Crippen MR) is 84.5 cm³/mol. The molecule has 0 bridgehead atoms. The van der Waals surface area contributed by atoms with Gasteiger partial charge in [0.15, 0.2) is 0 Å². The van der Waals surface area contributed by atoms with Gasteiger partial charge in [0, 0.05) is 37.9 Å². The molecule has 0 radical (unpaired) electrons. The van der Waals surface area contributed by atoms with Crippen LogP contribution in [0.4, 0.5) is 0 Å². The Hall–Kier alpha value is -1.47. The summed E-state index contributed by atoms with van der Waals surface area (Å²) in [5.41, 5.74) is 0.858. The second-order valence-electron chi connectivity index (χ2n) is 5.75. The minimum atomic E-state index is -3.35. The number of sulfonamides is 1. The number of rotatable bonds is 7. The number of nitrogens with one attached hydrogen (secondary N) is 1. The number of pyridine rings is 1. The van der Waals surface area contributed by atoms with E-state index in [0.29, 0.717) is 0 Å². The lowest BCUT2D eigenvalue weighted by Crippen LogP contribution is -2.37. The summed E-state index contributed by atoms with van der Waals surface area (Å²) in [6.45, 7) is 0.456. The Bertz CT molecular complexity index is 583. The van der Waals surface area contributed by atoms with Crippen molar-refractivity contribution in [3.8, 4) is 0 Å². The highest BCUT2D eigenvalue weighted by atomic mass is 32.2. The van der Waals surface area contributed by atoms with Crippen LogP contribution in [0.15, 0.2) is 24.5 Å². The average Bonchev–Trinajstić information content (AvgIpc) is 2.96. The Morgan fingerprint density at radius 3 is 2.55 bits per heavy atom. The minimum absolute atomic E-state index is 0.0738. The molecule has 1 fully saturated rings. The number of hydrogen-bond donors (Lipinski definition) is 1. The molecule has 2 rings (SSSR count). The molecule has 1 N–H and O–H groups in total. The maximum absolute atomic E-state index is 11.9. The zero-order valence-electron chi connectivity index (χ0n) is 12.9. The van der Waals surface area contributed by atoms with Crippen molar-refractivity contribution < 1.29 is 13.2 Å². The van der Waals surface area contributed by atoms with Crippen LogP contribution in [0, 0.1) is 0 Å². The molecule has 1 aromatic heterocycles. The average molecular weight is 325 g/mol. The van der Waals surface area contributed by atoms with Crippen LogP contribution in [-0.4, -0.2) is 42.5 Å². The summed E-state index contributed by atoms with van der Waals surface area (Å²) in [7, 11) is -3.35. The molecular weight excluding hydrogens is 302 g/mol. The quantitative estimate of drug-likeness (QED) is 0.819. The Balaban J connectivity index is 1.88. The molecule has 0 saturated heterocycles. The number of carbonyl (C=O) groups is 1. The van der Waals surface area contributed by atoms with Crippen LogP contribution >= 0.6 is 0 Å². The summed E-state index contributed by atoms with van der Waals surface area (Å²) in [4.78, 5) is 15.9. The molecule has 1 amide bonds. The van der Waals surface area contributed by atoms with Crippen molar-refractivity contribution in [3.05, 3.63) is 30.1 Å². The molecule has 0 unspecified atom stereocenters. The monoisotopic (exact) mass is 325 g/mol. The van der Waals surface area contributed by atoms with Gasteiger partial charge in [0.2, 0.25) is 15.9 Å². The lowest BCUT2D eigenvalue weighted by molar-refractivity contribution is -0.121. The Kier molecular flexibility index (Phi) is 5.90. The Labute approximate surface area is 132 Å².